The third kappa shape index (κ3) is 3.57. The summed E-state index contributed by atoms with van der Waals surface area (Å²) >= 11 is 12.7. The average molecular weight is 408 g/mol. The van der Waals surface area contributed by atoms with Gasteiger partial charge >= 0.3 is 0 Å². The first kappa shape index (κ1) is 15.0. The fraction of sp³-hybridized carbons (Fsp3) is 0.143. The molecule has 0 spiro atoms. The van der Waals surface area contributed by atoms with E-state index in [-0.39, 0.29) is 6.42 Å². The molecule has 100 valence electrons. The minimum absolute atomic E-state index is 0.138. The van der Waals surface area contributed by atoms with E-state index < -0.39 is 11.9 Å². The Balaban J connectivity index is 2.25. The van der Waals surface area contributed by atoms with Crippen LogP contribution in [0.2, 0.25) is 5.02 Å². The predicted molar refractivity (Wildman–Crippen MR) is 81.9 cm³/mol. The van der Waals surface area contributed by atoms with Crippen LogP contribution >= 0.6 is 43.5 Å². The van der Waals surface area contributed by atoms with Crippen molar-refractivity contribution in [3.63, 3.8) is 0 Å². The molecule has 0 bridgehead atoms. The van der Waals surface area contributed by atoms with Crippen molar-refractivity contribution in [1.29, 1.82) is 0 Å². The summed E-state index contributed by atoms with van der Waals surface area (Å²) in [7, 11) is 0. The highest BCUT2D eigenvalue weighted by atomic mass is 79.9. The van der Waals surface area contributed by atoms with Crippen LogP contribution < -0.4 is 0 Å². The zero-order chi connectivity index (χ0) is 14.0. The van der Waals surface area contributed by atoms with Gasteiger partial charge in [-0.15, -0.1) is 0 Å². The van der Waals surface area contributed by atoms with E-state index >= 15 is 0 Å². The molecule has 0 saturated carbocycles. The minimum atomic E-state index is -0.807. The maximum atomic E-state index is 13.7. The number of hydrogen-bond donors (Lipinski definition) is 1. The molecule has 19 heavy (non-hydrogen) atoms. The molecule has 0 aliphatic heterocycles. The molecular weight excluding hydrogens is 398 g/mol. The standard InChI is InChI=1S/C14H10Br2ClFO/c15-10-5-4-8(6-11(10)16)14(19)7-9-12(17)2-1-3-13(9)18/h1-6,14,19H,7H2. The van der Waals surface area contributed by atoms with Crippen LogP contribution in [-0.2, 0) is 6.42 Å². The van der Waals surface area contributed by atoms with E-state index in [1.807, 2.05) is 6.07 Å². The molecule has 0 heterocycles. The first-order valence-corrected chi connectivity index (χ1v) is 7.51. The highest BCUT2D eigenvalue weighted by Gasteiger charge is 2.15. The van der Waals surface area contributed by atoms with Crippen molar-refractivity contribution in [1.82, 2.24) is 0 Å². The SMILES string of the molecule is OC(Cc1c(F)cccc1Cl)c1ccc(Br)c(Br)c1. The van der Waals surface area contributed by atoms with Crippen LogP contribution in [0.3, 0.4) is 0 Å². The monoisotopic (exact) mass is 406 g/mol. The molecule has 0 saturated heterocycles. The van der Waals surface area contributed by atoms with Gasteiger partial charge in [-0.2, -0.15) is 0 Å². The van der Waals surface area contributed by atoms with Crippen LogP contribution in [0.25, 0.3) is 0 Å². The molecular formula is C14H10Br2ClFO. The molecule has 5 heteroatoms. The summed E-state index contributed by atoms with van der Waals surface area (Å²) in [4.78, 5) is 0. The summed E-state index contributed by atoms with van der Waals surface area (Å²) < 4.78 is 15.4. The molecule has 0 aliphatic rings. The molecule has 2 aromatic rings. The Morgan fingerprint density at radius 3 is 2.53 bits per heavy atom. The van der Waals surface area contributed by atoms with Crippen LogP contribution in [0.4, 0.5) is 4.39 Å². The Morgan fingerprint density at radius 2 is 1.89 bits per heavy atom. The topological polar surface area (TPSA) is 20.2 Å². The number of hydrogen-bond acceptors (Lipinski definition) is 1. The molecule has 1 N–H and O–H groups in total. The molecule has 1 atom stereocenters. The zero-order valence-electron chi connectivity index (χ0n) is 9.71. The first-order valence-electron chi connectivity index (χ1n) is 5.55. The first-order chi connectivity index (χ1) is 8.99. The van der Waals surface area contributed by atoms with Gasteiger partial charge in [0.1, 0.15) is 5.82 Å². The van der Waals surface area contributed by atoms with Crippen LogP contribution in [0.5, 0.6) is 0 Å². The Kier molecular flexibility index (Phi) is 5.01. The van der Waals surface area contributed by atoms with E-state index in [9.17, 15) is 9.50 Å². The number of aliphatic hydroxyl groups is 1. The lowest BCUT2D eigenvalue weighted by Gasteiger charge is -2.13. The normalized spacial score (nSPS) is 12.5. The summed E-state index contributed by atoms with van der Waals surface area (Å²) in [6, 6.07) is 9.91. The van der Waals surface area contributed by atoms with Crippen molar-refractivity contribution in [2.75, 3.05) is 0 Å². The van der Waals surface area contributed by atoms with Gasteiger partial charge < -0.3 is 5.11 Å². The third-order valence-corrected chi connectivity index (χ3v) is 5.02. The lowest BCUT2D eigenvalue weighted by Crippen LogP contribution is -2.04. The van der Waals surface area contributed by atoms with E-state index in [1.54, 1.807) is 24.3 Å². The van der Waals surface area contributed by atoms with Crippen molar-refractivity contribution in [2.24, 2.45) is 0 Å². The van der Waals surface area contributed by atoms with Crippen LogP contribution in [0.1, 0.15) is 17.2 Å². The second-order valence-corrected chi connectivity index (χ2v) is 6.21. The Morgan fingerprint density at radius 1 is 1.16 bits per heavy atom. The van der Waals surface area contributed by atoms with E-state index in [4.69, 9.17) is 11.6 Å². The van der Waals surface area contributed by atoms with Crippen molar-refractivity contribution >= 4 is 43.5 Å². The van der Waals surface area contributed by atoms with Gasteiger partial charge in [0.05, 0.1) is 6.10 Å². The molecule has 2 aromatic carbocycles. The van der Waals surface area contributed by atoms with Gasteiger partial charge in [-0.3, -0.25) is 0 Å². The highest BCUT2D eigenvalue weighted by Crippen LogP contribution is 2.30. The fourth-order valence-electron chi connectivity index (χ4n) is 1.76. The molecule has 1 nitrogen and oxygen atoms in total. The molecule has 0 fully saturated rings. The van der Waals surface area contributed by atoms with Crippen LogP contribution in [0.15, 0.2) is 45.3 Å². The van der Waals surface area contributed by atoms with E-state index in [0.29, 0.717) is 16.1 Å². The van der Waals surface area contributed by atoms with Gasteiger partial charge in [0.2, 0.25) is 0 Å². The third-order valence-electron chi connectivity index (χ3n) is 2.79. The minimum Gasteiger partial charge on any atom is -0.388 e. The fourth-order valence-corrected chi connectivity index (χ4v) is 2.64. The molecule has 0 radical (unpaired) electrons. The van der Waals surface area contributed by atoms with Gasteiger partial charge in [0.15, 0.2) is 0 Å². The van der Waals surface area contributed by atoms with Crippen molar-refractivity contribution in [2.45, 2.75) is 12.5 Å². The molecule has 0 amide bonds. The van der Waals surface area contributed by atoms with Gasteiger partial charge in [-0.05, 0) is 61.7 Å². The van der Waals surface area contributed by atoms with E-state index in [2.05, 4.69) is 31.9 Å². The Labute approximate surface area is 132 Å². The van der Waals surface area contributed by atoms with Crippen molar-refractivity contribution in [3.05, 3.63) is 67.3 Å². The number of benzene rings is 2. The van der Waals surface area contributed by atoms with Gasteiger partial charge in [0, 0.05) is 26.0 Å². The molecule has 0 aliphatic carbocycles. The van der Waals surface area contributed by atoms with Crippen LogP contribution in [-0.4, -0.2) is 5.11 Å². The summed E-state index contributed by atoms with van der Waals surface area (Å²) in [5, 5.41) is 10.5. The smallest absolute Gasteiger partial charge is 0.127 e. The van der Waals surface area contributed by atoms with Crippen LogP contribution in [0, 0.1) is 5.82 Å². The summed E-state index contributed by atoms with van der Waals surface area (Å²) in [5.41, 5.74) is 1.03. The Bertz CT molecular complexity index is 584. The zero-order valence-corrected chi connectivity index (χ0v) is 13.6. The largest absolute Gasteiger partial charge is 0.388 e. The predicted octanol–water partition coefficient (Wildman–Crippen LogP) is 5.28. The van der Waals surface area contributed by atoms with Gasteiger partial charge in [0.25, 0.3) is 0 Å². The van der Waals surface area contributed by atoms with E-state index in [1.165, 1.54) is 6.07 Å². The lowest BCUT2D eigenvalue weighted by atomic mass is 10.0. The number of rotatable bonds is 3. The lowest BCUT2D eigenvalue weighted by molar-refractivity contribution is 0.177. The second-order valence-electron chi connectivity index (χ2n) is 4.09. The van der Waals surface area contributed by atoms with Crippen molar-refractivity contribution in [3.8, 4) is 0 Å². The maximum absolute atomic E-state index is 13.7. The average Bonchev–Trinajstić information content (AvgIpc) is 2.37. The quantitative estimate of drug-likeness (QED) is 0.733. The van der Waals surface area contributed by atoms with Crippen molar-refractivity contribution < 1.29 is 9.50 Å². The summed E-state index contributed by atoms with van der Waals surface area (Å²) in [6.07, 6.45) is -0.668. The number of aliphatic hydroxyl groups excluding tert-OH is 1. The summed E-state index contributed by atoms with van der Waals surface area (Å²) in [6.45, 7) is 0. The van der Waals surface area contributed by atoms with E-state index in [0.717, 1.165) is 8.95 Å². The number of halogens is 4. The molecule has 1 unspecified atom stereocenters. The van der Waals surface area contributed by atoms with Gasteiger partial charge in [-0.1, -0.05) is 23.7 Å². The Hall–Kier alpha value is -0.420. The highest BCUT2D eigenvalue weighted by molar-refractivity contribution is 9.13. The molecule has 0 aromatic heterocycles. The maximum Gasteiger partial charge on any atom is 0.127 e. The van der Waals surface area contributed by atoms with Gasteiger partial charge in [-0.25, -0.2) is 4.39 Å². The second kappa shape index (κ2) is 6.35. The molecule has 2 rings (SSSR count). The summed E-state index contributed by atoms with van der Waals surface area (Å²) in [5.74, 6) is -0.400.